The van der Waals surface area contributed by atoms with E-state index in [4.69, 9.17) is 0 Å². The minimum absolute atomic E-state index is 0.298. The Hall–Kier alpha value is -3.69. The van der Waals surface area contributed by atoms with Crippen molar-refractivity contribution in [3.8, 4) is 0 Å². The topological polar surface area (TPSA) is 82.1 Å². The van der Waals surface area contributed by atoms with E-state index < -0.39 is 35.5 Å². The number of benzene rings is 2. The fourth-order valence-electron chi connectivity index (χ4n) is 2.79. The molecule has 156 valence electrons. The summed E-state index contributed by atoms with van der Waals surface area (Å²) in [7, 11) is 3.73. The van der Waals surface area contributed by atoms with E-state index in [1.54, 1.807) is 24.3 Å². The largest absolute Gasteiger partial charge is 0.416 e. The number of urea groups is 1. The number of rotatable bonds is 4. The molecule has 3 rings (SSSR count). The van der Waals surface area contributed by atoms with Gasteiger partial charge >= 0.3 is 12.2 Å². The predicted molar refractivity (Wildman–Crippen MR) is 105 cm³/mol. The summed E-state index contributed by atoms with van der Waals surface area (Å²) in [5.74, 6) is -3.36. The Bertz CT molecular complexity index is 1020. The summed E-state index contributed by atoms with van der Waals surface area (Å²) in [5.41, 5.74) is 0.0581. The first-order valence-corrected chi connectivity index (χ1v) is 8.75. The maximum atomic E-state index is 13.0. The molecule has 7 nitrogen and oxygen atoms in total. The van der Waals surface area contributed by atoms with E-state index >= 15 is 0 Å². The van der Waals surface area contributed by atoms with Crippen LogP contribution in [0, 0.1) is 5.92 Å². The normalized spacial score (nSPS) is 17.4. The van der Waals surface area contributed by atoms with Gasteiger partial charge in [-0.15, -0.1) is 0 Å². The van der Waals surface area contributed by atoms with Crippen molar-refractivity contribution in [1.29, 1.82) is 0 Å². The smallest absolute Gasteiger partial charge is 0.378 e. The Balaban J connectivity index is 1.87. The molecule has 1 saturated heterocycles. The third-order valence-corrected chi connectivity index (χ3v) is 4.37. The molecule has 30 heavy (non-hydrogen) atoms. The Morgan fingerprint density at radius 1 is 1.07 bits per heavy atom. The Kier molecular flexibility index (Phi) is 5.59. The molecule has 4 amide bonds. The highest BCUT2D eigenvalue weighted by atomic mass is 19.4. The molecule has 0 spiro atoms. The molecule has 0 aliphatic carbocycles. The molecule has 1 atom stereocenters. The highest BCUT2D eigenvalue weighted by Gasteiger charge is 2.41. The van der Waals surface area contributed by atoms with Crippen LogP contribution in [0.15, 0.2) is 53.5 Å². The Morgan fingerprint density at radius 2 is 1.73 bits per heavy atom. The lowest BCUT2D eigenvalue weighted by Gasteiger charge is -2.28. The molecule has 2 aromatic carbocycles. The number of alkyl halides is 3. The number of imide groups is 2. The Labute approximate surface area is 169 Å². The van der Waals surface area contributed by atoms with Crippen LogP contribution in [0.2, 0.25) is 0 Å². The van der Waals surface area contributed by atoms with Gasteiger partial charge in [-0.05, 0) is 42.5 Å². The van der Waals surface area contributed by atoms with Gasteiger partial charge in [0.1, 0.15) is 0 Å². The van der Waals surface area contributed by atoms with Gasteiger partial charge in [-0.25, -0.2) is 9.69 Å². The molecule has 1 fully saturated rings. The van der Waals surface area contributed by atoms with Crippen LogP contribution < -0.4 is 15.1 Å². The number of anilines is 2. The van der Waals surface area contributed by atoms with Crippen LogP contribution >= 0.6 is 0 Å². The second-order valence-corrected chi connectivity index (χ2v) is 6.68. The van der Waals surface area contributed by atoms with Crippen LogP contribution in [0.1, 0.15) is 5.56 Å². The van der Waals surface area contributed by atoms with E-state index in [0.29, 0.717) is 16.7 Å². The molecular weight excluding hydrogens is 401 g/mol. The van der Waals surface area contributed by atoms with Crippen molar-refractivity contribution in [2.75, 3.05) is 23.9 Å². The second kappa shape index (κ2) is 7.97. The molecule has 1 aliphatic heterocycles. The molecule has 1 aliphatic rings. The van der Waals surface area contributed by atoms with Crippen molar-refractivity contribution in [2.24, 2.45) is 10.9 Å². The van der Waals surface area contributed by atoms with Crippen LogP contribution in [0.3, 0.4) is 0 Å². The minimum Gasteiger partial charge on any atom is -0.378 e. The number of halogens is 3. The number of barbiturate groups is 1. The molecule has 0 unspecified atom stereocenters. The highest BCUT2D eigenvalue weighted by molar-refractivity contribution is 6.32. The van der Waals surface area contributed by atoms with Gasteiger partial charge < -0.3 is 4.90 Å². The summed E-state index contributed by atoms with van der Waals surface area (Å²) in [6.45, 7) is 0. The molecule has 1 N–H and O–H groups in total. The number of hydrogen-bond donors (Lipinski definition) is 1. The molecule has 2 aromatic rings. The van der Waals surface area contributed by atoms with Crippen LogP contribution in [0.4, 0.5) is 35.0 Å². The quantitative estimate of drug-likeness (QED) is 0.610. The number of nitrogens with zero attached hydrogens (tertiary/aromatic N) is 3. The van der Waals surface area contributed by atoms with E-state index in [1.165, 1.54) is 6.07 Å². The third-order valence-electron chi connectivity index (χ3n) is 4.37. The number of amides is 4. The molecule has 10 heteroatoms. The molecule has 0 aromatic heterocycles. The summed E-state index contributed by atoms with van der Waals surface area (Å²) in [6, 6.07) is 9.53. The molecular formula is C20H17F3N4O3. The lowest BCUT2D eigenvalue weighted by atomic mass is 10.1. The van der Waals surface area contributed by atoms with Gasteiger partial charge in [0.05, 0.1) is 16.9 Å². The third kappa shape index (κ3) is 4.32. The molecule has 1 heterocycles. The first kappa shape index (κ1) is 21.0. The number of carbonyl (C=O) groups excluding carboxylic acids is 3. The highest BCUT2D eigenvalue weighted by Crippen LogP contribution is 2.32. The van der Waals surface area contributed by atoms with Crippen molar-refractivity contribution < 1.29 is 27.6 Å². The maximum Gasteiger partial charge on any atom is 0.416 e. The lowest BCUT2D eigenvalue weighted by Crippen LogP contribution is -2.58. The van der Waals surface area contributed by atoms with Crippen LogP contribution in [-0.2, 0) is 15.8 Å². The van der Waals surface area contributed by atoms with Crippen molar-refractivity contribution in [3.63, 3.8) is 0 Å². The van der Waals surface area contributed by atoms with Crippen molar-refractivity contribution in [2.45, 2.75) is 6.18 Å². The standard InChI is InChI=1S/C20H17F3N4O3/c1-26(2)14-8-6-13(7-9-14)24-11-16-17(28)25-19(30)27(18(16)29)15-5-3-4-12(10-15)20(21,22)23/h3-11,16H,1-2H3,(H,25,28,30)/t16-/m1/s1. The zero-order valence-corrected chi connectivity index (χ0v) is 16.0. The average molecular weight is 418 g/mol. The summed E-state index contributed by atoms with van der Waals surface area (Å²) in [5, 5.41) is 1.97. The van der Waals surface area contributed by atoms with E-state index in [9.17, 15) is 27.6 Å². The summed E-state index contributed by atoms with van der Waals surface area (Å²) < 4.78 is 38.9. The van der Waals surface area contributed by atoms with Crippen LogP contribution in [-0.4, -0.2) is 38.2 Å². The fourth-order valence-corrected chi connectivity index (χ4v) is 2.79. The summed E-state index contributed by atoms with van der Waals surface area (Å²) in [4.78, 5) is 43.5. The molecule has 0 radical (unpaired) electrons. The maximum absolute atomic E-state index is 13.0. The molecule has 0 saturated carbocycles. The zero-order chi connectivity index (χ0) is 22.1. The zero-order valence-electron chi connectivity index (χ0n) is 16.0. The number of carbonyl (C=O) groups is 3. The van der Waals surface area contributed by atoms with Gasteiger partial charge in [-0.2, -0.15) is 13.2 Å². The summed E-state index contributed by atoms with van der Waals surface area (Å²) >= 11 is 0. The van der Waals surface area contributed by atoms with Gasteiger partial charge in [0.2, 0.25) is 5.91 Å². The fraction of sp³-hybridized carbons (Fsp3) is 0.200. The first-order valence-electron chi connectivity index (χ1n) is 8.75. The SMILES string of the molecule is CN(C)c1ccc(N=C[C@@H]2C(=O)NC(=O)N(c3cccc(C(F)(F)F)c3)C2=O)cc1. The van der Waals surface area contributed by atoms with E-state index in [2.05, 4.69) is 4.99 Å². The summed E-state index contributed by atoms with van der Waals surface area (Å²) in [6.07, 6.45) is -3.59. The number of nitrogens with one attached hydrogen (secondary N) is 1. The van der Waals surface area contributed by atoms with Gasteiger partial charge in [0.15, 0.2) is 5.92 Å². The predicted octanol–water partition coefficient (Wildman–Crippen LogP) is 3.37. The van der Waals surface area contributed by atoms with Crippen LogP contribution in [0.25, 0.3) is 0 Å². The lowest BCUT2D eigenvalue weighted by molar-refractivity contribution is -0.138. The van der Waals surface area contributed by atoms with Crippen LogP contribution in [0.5, 0.6) is 0 Å². The van der Waals surface area contributed by atoms with Gasteiger partial charge in [0.25, 0.3) is 5.91 Å². The Morgan fingerprint density at radius 3 is 2.33 bits per heavy atom. The number of hydrogen-bond acceptors (Lipinski definition) is 5. The van der Waals surface area contributed by atoms with E-state index in [0.717, 1.165) is 24.0 Å². The van der Waals surface area contributed by atoms with E-state index in [1.807, 2.05) is 24.3 Å². The van der Waals surface area contributed by atoms with Crippen molar-refractivity contribution in [1.82, 2.24) is 5.32 Å². The second-order valence-electron chi connectivity index (χ2n) is 6.68. The van der Waals surface area contributed by atoms with Crippen molar-refractivity contribution >= 4 is 41.1 Å². The number of aliphatic imine (C=N–C) groups is 1. The van der Waals surface area contributed by atoms with E-state index in [-0.39, 0.29) is 5.69 Å². The first-order chi connectivity index (χ1) is 14.1. The van der Waals surface area contributed by atoms with Crippen molar-refractivity contribution in [3.05, 3.63) is 54.1 Å². The average Bonchev–Trinajstić information content (AvgIpc) is 2.67. The van der Waals surface area contributed by atoms with Gasteiger partial charge in [-0.1, -0.05) is 6.07 Å². The monoisotopic (exact) mass is 418 g/mol. The minimum atomic E-state index is -4.65. The van der Waals surface area contributed by atoms with Gasteiger partial charge in [0, 0.05) is 26.0 Å². The molecule has 0 bridgehead atoms. The van der Waals surface area contributed by atoms with Gasteiger partial charge in [-0.3, -0.25) is 19.9 Å².